The highest BCUT2D eigenvalue weighted by atomic mass is 14.2. The Labute approximate surface area is 58.0 Å². The molecule has 0 bridgehead atoms. The summed E-state index contributed by atoms with van der Waals surface area (Å²) in [4.78, 5) is 0. The third kappa shape index (κ3) is 1.35. The van der Waals surface area contributed by atoms with Crippen LogP contribution in [0.4, 0.5) is 0 Å². The van der Waals surface area contributed by atoms with Crippen molar-refractivity contribution >= 4 is 0 Å². The zero-order valence-corrected chi connectivity index (χ0v) is 6.65. The Hall–Kier alpha value is -0.260. The van der Waals surface area contributed by atoms with Crippen LogP contribution in [0.3, 0.4) is 0 Å². The molecular weight excluding hydrogens is 108 g/mol. The lowest BCUT2D eigenvalue weighted by atomic mass is 10.0. The van der Waals surface area contributed by atoms with Crippen LogP contribution in [0.2, 0.25) is 0 Å². The van der Waals surface area contributed by atoms with Crippen LogP contribution >= 0.6 is 0 Å². The first kappa shape index (κ1) is 6.85. The first-order valence-electron chi connectivity index (χ1n) is 3.94. The molecule has 0 saturated heterocycles. The van der Waals surface area contributed by atoms with Gasteiger partial charge in [-0.15, -0.1) is 0 Å². The Morgan fingerprint density at radius 3 is 2.44 bits per heavy atom. The highest BCUT2D eigenvalue weighted by molar-refractivity contribution is 5.13. The van der Waals surface area contributed by atoms with E-state index >= 15 is 0 Å². The van der Waals surface area contributed by atoms with Gasteiger partial charge in [-0.25, -0.2) is 0 Å². The second-order valence-corrected chi connectivity index (χ2v) is 3.21. The quantitative estimate of drug-likeness (QED) is 0.471. The number of allylic oxidation sites excluding steroid dienone is 2. The normalized spacial score (nSPS) is 34.8. The van der Waals surface area contributed by atoms with Gasteiger partial charge in [0.05, 0.1) is 0 Å². The molecule has 0 nitrogen and oxygen atoms in total. The first-order chi connectivity index (χ1) is 4.24. The average Bonchev–Trinajstić information content (AvgIpc) is 2.10. The standard InChI is InChI=1S/C9H16/c1-4-9-6-7(2)5-8(9)3/h6-8H,4-5H2,1-3H3. The molecule has 0 fully saturated rings. The smallest absolute Gasteiger partial charge is 0.0226 e. The predicted molar refractivity (Wildman–Crippen MR) is 41.3 cm³/mol. The molecular formula is C9H16. The summed E-state index contributed by atoms with van der Waals surface area (Å²) in [5.74, 6) is 1.71. The van der Waals surface area contributed by atoms with Crippen LogP contribution in [-0.4, -0.2) is 0 Å². The lowest BCUT2D eigenvalue weighted by molar-refractivity contribution is 0.570. The van der Waals surface area contributed by atoms with Crippen LogP contribution in [0.1, 0.15) is 33.6 Å². The van der Waals surface area contributed by atoms with Gasteiger partial charge in [0.2, 0.25) is 0 Å². The Morgan fingerprint density at radius 2 is 2.22 bits per heavy atom. The van der Waals surface area contributed by atoms with Crippen molar-refractivity contribution in [3.05, 3.63) is 11.6 Å². The molecule has 0 saturated carbocycles. The van der Waals surface area contributed by atoms with Crippen LogP contribution in [0.25, 0.3) is 0 Å². The zero-order chi connectivity index (χ0) is 6.85. The number of hydrogen-bond donors (Lipinski definition) is 0. The van der Waals surface area contributed by atoms with E-state index in [-0.39, 0.29) is 0 Å². The molecule has 0 aromatic rings. The van der Waals surface area contributed by atoms with Gasteiger partial charge in [0, 0.05) is 0 Å². The van der Waals surface area contributed by atoms with E-state index in [2.05, 4.69) is 26.8 Å². The third-order valence-electron chi connectivity index (χ3n) is 2.27. The molecule has 1 aliphatic carbocycles. The van der Waals surface area contributed by atoms with Crippen molar-refractivity contribution in [3.8, 4) is 0 Å². The second-order valence-electron chi connectivity index (χ2n) is 3.21. The molecule has 0 spiro atoms. The molecule has 1 rings (SSSR count). The van der Waals surface area contributed by atoms with Crippen molar-refractivity contribution in [2.75, 3.05) is 0 Å². The van der Waals surface area contributed by atoms with E-state index in [1.165, 1.54) is 12.8 Å². The fourth-order valence-electron chi connectivity index (χ4n) is 1.77. The van der Waals surface area contributed by atoms with E-state index < -0.39 is 0 Å². The number of rotatable bonds is 1. The van der Waals surface area contributed by atoms with Gasteiger partial charge in [0.15, 0.2) is 0 Å². The van der Waals surface area contributed by atoms with Gasteiger partial charge < -0.3 is 0 Å². The second kappa shape index (κ2) is 2.55. The summed E-state index contributed by atoms with van der Waals surface area (Å²) in [6.45, 7) is 6.89. The van der Waals surface area contributed by atoms with Crippen molar-refractivity contribution in [2.24, 2.45) is 11.8 Å². The average molecular weight is 124 g/mol. The molecule has 9 heavy (non-hydrogen) atoms. The van der Waals surface area contributed by atoms with Gasteiger partial charge >= 0.3 is 0 Å². The SMILES string of the molecule is CCC1=CC(C)CC1C. The molecule has 2 atom stereocenters. The molecule has 52 valence electrons. The molecule has 0 N–H and O–H groups in total. The zero-order valence-electron chi connectivity index (χ0n) is 6.65. The summed E-state index contributed by atoms with van der Waals surface area (Å²) in [5.41, 5.74) is 1.67. The van der Waals surface area contributed by atoms with Crippen molar-refractivity contribution < 1.29 is 0 Å². The summed E-state index contributed by atoms with van der Waals surface area (Å²) in [7, 11) is 0. The molecule has 0 heteroatoms. The molecule has 2 unspecified atom stereocenters. The maximum atomic E-state index is 2.44. The van der Waals surface area contributed by atoms with E-state index in [1.54, 1.807) is 5.57 Å². The summed E-state index contributed by atoms with van der Waals surface area (Å²) in [5, 5.41) is 0. The summed E-state index contributed by atoms with van der Waals surface area (Å²) >= 11 is 0. The molecule has 0 radical (unpaired) electrons. The van der Waals surface area contributed by atoms with Crippen LogP contribution in [0.5, 0.6) is 0 Å². The van der Waals surface area contributed by atoms with E-state index in [4.69, 9.17) is 0 Å². The minimum Gasteiger partial charge on any atom is -0.0822 e. The number of hydrogen-bond acceptors (Lipinski definition) is 0. The molecule has 0 aliphatic heterocycles. The summed E-state index contributed by atoms with van der Waals surface area (Å²) < 4.78 is 0. The minimum absolute atomic E-state index is 0.843. The van der Waals surface area contributed by atoms with E-state index in [1.807, 2.05) is 0 Å². The van der Waals surface area contributed by atoms with Crippen molar-refractivity contribution in [3.63, 3.8) is 0 Å². The Balaban J connectivity index is 2.57. The van der Waals surface area contributed by atoms with Gasteiger partial charge in [0.1, 0.15) is 0 Å². The Kier molecular flexibility index (Phi) is 1.94. The molecule has 0 amide bonds. The largest absolute Gasteiger partial charge is 0.0822 e. The van der Waals surface area contributed by atoms with Crippen LogP contribution in [0, 0.1) is 11.8 Å². The topological polar surface area (TPSA) is 0 Å². The molecule has 0 aromatic heterocycles. The third-order valence-corrected chi connectivity index (χ3v) is 2.27. The van der Waals surface area contributed by atoms with Gasteiger partial charge in [-0.05, 0) is 24.7 Å². The predicted octanol–water partition coefficient (Wildman–Crippen LogP) is 3.00. The van der Waals surface area contributed by atoms with Crippen molar-refractivity contribution in [2.45, 2.75) is 33.6 Å². The monoisotopic (exact) mass is 124 g/mol. The fraction of sp³-hybridized carbons (Fsp3) is 0.778. The van der Waals surface area contributed by atoms with Gasteiger partial charge in [-0.2, -0.15) is 0 Å². The van der Waals surface area contributed by atoms with Crippen LogP contribution in [0.15, 0.2) is 11.6 Å². The van der Waals surface area contributed by atoms with Gasteiger partial charge in [0.25, 0.3) is 0 Å². The van der Waals surface area contributed by atoms with Crippen LogP contribution < -0.4 is 0 Å². The van der Waals surface area contributed by atoms with Gasteiger partial charge in [-0.1, -0.05) is 32.4 Å². The van der Waals surface area contributed by atoms with Gasteiger partial charge in [-0.3, -0.25) is 0 Å². The first-order valence-corrected chi connectivity index (χ1v) is 3.94. The Bertz CT molecular complexity index is 122. The van der Waals surface area contributed by atoms with E-state index in [0.29, 0.717) is 0 Å². The molecule has 0 heterocycles. The van der Waals surface area contributed by atoms with Crippen molar-refractivity contribution in [1.82, 2.24) is 0 Å². The minimum atomic E-state index is 0.843. The van der Waals surface area contributed by atoms with Crippen molar-refractivity contribution in [1.29, 1.82) is 0 Å². The fourth-order valence-corrected chi connectivity index (χ4v) is 1.77. The van der Waals surface area contributed by atoms with E-state index in [9.17, 15) is 0 Å². The molecule has 1 aliphatic rings. The lowest BCUT2D eigenvalue weighted by Gasteiger charge is -2.04. The lowest BCUT2D eigenvalue weighted by Crippen LogP contribution is -1.92. The maximum Gasteiger partial charge on any atom is -0.0226 e. The summed E-state index contributed by atoms with van der Waals surface area (Å²) in [6.07, 6.45) is 5.07. The van der Waals surface area contributed by atoms with Crippen LogP contribution in [-0.2, 0) is 0 Å². The Morgan fingerprint density at radius 1 is 1.56 bits per heavy atom. The highest BCUT2D eigenvalue weighted by Crippen LogP contribution is 2.31. The summed E-state index contributed by atoms with van der Waals surface area (Å²) in [6, 6.07) is 0. The maximum absolute atomic E-state index is 2.44. The van der Waals surface area contributed by atoms with E-state index in [0.717, 1.165) is 11.8 Å². The highest BCUT2D eigenvalue weighted by Gasteiger charge is 2.17. The molecule has 0 aromatic carbocycles.